The number of benzene rings is 2. The van der Waals surface area contributed by atoms with Gasteiger partial charge in [-0.1, -0.05) is 60.7 Å². The van der Waals surface area contributed by atoms with Gasteiger partial charge in [0.25, 0.3) is 0 Å². The number of hydrogen-bond acceptors (Lipinski definition) is 0. The summed E-state index contributed by atoms with van der Waals surface area (Å²) >= 11 is 0. The molecule has 3 aromatic rings. The molecule has 0 spiro atoms. The Morgan fingerprint density at radius 3 is 1.35 bits per heavy atom. The molecule has 118 valence electrons. The van der Waals surface area contributed by atoms with Crippen LogP contribution in [0.5, 0.6) is 0 Å². The maximum absolute atomic E-state index is 3.59. The first kappa shape index (κ1) is 15.6. The van der Waals surface area contributed by atoms with E-state index in [2.05, 4.69) is 77.8 Å². The average Bonchev–Trinajstić information content (AvgIpc) is 3.05. The highest BCUT2D eigenvalue weighted by Gasteiger charge is 2.01. The number of H-pyrrole nitrogens is 1. The van der Waals surface area contributed by atoms with Gasteiger partial charge in [-0.25, -0.2) is 0 Å². The fourth-order valence-electron chi connectivity index (χ4n) is 3.04. The second-order valence-corrected chi connectivity index (χ2v) is 6.19. The Morgan fingerprint density at radius 2 is 0.913 bits per heavy atom. The van der Waals surface area contributed by atoms with Crippen molar-refractivity contribution < 1.29 is 0 Å². The summed E-state index contributed by atoms with van der Waals surface area (Å²) in [6.45, 7) is 0. The van der Waals surface area contributed by atoms with E-state index in [0.717, 1.165) is 25.7 Å². The van der Waals surface area contributed by atoms with E-state index >= 15 is 0 Å². The molecule has 0 aliphatic carbocycles. The maximum Gasteiger partial charge on any atom is 0.0149 e. The van der Waals surface area contributed by atoms with Crippen LogP contribution in [0.1, 0.15) is 35.4 Å². The number of aromatic amines is 1. The molecule has 0 bridgehead atoms. The second-order valence-electron chi connectivity index (χ2n) is 6.19. The summed E-state index contributed by atoms with van der Waals surface area (Å²) < 4.78 is 0. The molecule has 0 amide bonds. The van der Waals surface area contributed by atoms with Crippen LogP contribution in [0.4, 0.5) is 0 Å². The van der Waals surface area contributed by atoms with Gasteiger partial charge in [0.15, 0.2) is 0 Å². The van der Waals surface area contributed by atoms with E-state index in [1.165, 1.54) is 35.4 Å². The average molecular weight is 303 g/mol. The fraction of sp³-hybridized carbons (Fsp3) is 0.273. The van der Waals surface area contributed by atoms with Crippen molar-refractivity contribution >= 4 is 0 Å². The third-order valence-corrected chi connectivity index (χ3v) is 4.32. The van der Waals surface area contributed by atoms with Gasteiger partial charge in [-0.05, 0) is 61.8 Å². The van der Waals surface area contributed by atoms with E-state index in [9.17, 15) is 0 Å². The first-order valence-electron chi connectivity index (χ1n) is 8.65. The molecule has 0 saturated heterocycles. The van der Waals surface area contributed by atoms with Gasteiger partial charge in [0, 0.05) is 11.4 Å². The van der Waals surface area contributed by atoms with Crippen LogP contribution in [0.2, 0.25) is 0 Å². The van der Waals surface area contributed by atoms with Gasteiger partial charge in [0.05, 0.1) is 0 Å². The summed E-state index contributed by atoms with van der Waals surface area (Å²) in [4.78, 5) is 3.59. The highest BCUT2D eigenvalue weighted by Crippen LogP contribution is 2.11. The number of aromatic nitrogens is 1. The van der Waals surface area contributed by atoms with Crippen LogP contribution in [-0.2, 0) is 25.7 Å². The Kier molecular flexibility index (Phi) is 5.69. The van der Waals surface area contributed by atoms with Crippen molar-refractivity contribution in [2.45, 2.75) is 38.5 Å². The van der Waals surface area contributed by atoms with Crippen LogP contribution in [0.3, 0.4) is 0 Å². The van der Waals surface area contributed by atoms with Crippen molar-refractivity contribution in [2.24, 2.45) is 0 Å². The van der Waals surface area contributed by atoms with Gasteiger partial charge in [-0.3, -0.25) is 0 Å². The minimum absolute atomic E-state index is 1.13. The molecular weight excluding hydrogens is 278 g/mol. The second kappa shape index (κ2) is 8.38. The lowest BCUT2D eigenvalue weighted by molar-refractivity contribution is 0.778. The van der Waals surface area contributed by atoms with Crippen LogP contribution in [0.15, 0.2) is 72.8 Å². The maximum atomic E-state index is 3.59. The summed E-state index contributed by atoms with van der Waals surface area (Å²) in [6.07, 6.45) is 6.98. The molecule has 0 fully saturated rings. The quantitative estimate of drug-likeness (QED) is 0.576. The van der Waals surface area contributed by atoms with Crippen molar-refractivity contribution in [2.75, 3.05) is 0 Å². The largest absolute Gasteiger partial charge is 0.362 e. The Hall–Kier alpha value is -2.28. The Morgan fingerprint density at radius 1 is 0.478 bits per heavy atom. The van der Waals surface area contributed by atoms with Crippen molar-refractivity contribution in [1.82, 2.24) is 4.98 Å². The van der Waals surface area contributed by atoms with Crippen molar-refractivity contribution in [3.63, 3.8) is 0 Å². The van der Waals surface area contributed by atoms with Gasteiger partial charge in [0.1, 0.15) is 0 Å². The summed E-state index contributed by atoms with van der Waals surface area (Å²) in [5, 5.41) is 0. The molecule has 0 saturated carbocycles. The minimum atomic E-state index is 1.13. The summed E-state index contributed by atoms with van der Waals surface area (Å²) in [5.41, 5.74) is 5.61. The molecular formula is C22H25N. The summed E-state index contributed by atoms with van der Waals surface area (Å²) in [5.74, 6) is 0. The van der Waals surface area contributed by atoms with Crippen molar-refractivity contribution in [1.29, 1.82) is 0 Å². The molecule has 1 heteroatoms. The zero-order chi connectivity index (χ0) is 15.7. The molecule has 0 aliphatic heterocycles. The van der Waals surface area contributed by atoms with Crippen LogP contribution in [-0.4, -0.2) is 4.98 Å². The van der Waals surface area contributed by atoms with E-state index in [1.54, 1.807) is 0 Å². The van der Waals surface area contributed by atoms with E-state index in [0.29, 0.717) is 0 Å². The Bertz CT molecular complexity index is 622. The molecule has 0 atom stereocenters. The zero-order valence-corrected chi connectivity index (χ0v) is 13.7. The molecule has 0 unspecified atom stereocenters. The van der Waals surface area contributed by atoms with Crippen molar-refractivity contribution in [3.05, 3.63) is 95.3 Å². The third-order valence-electron chi connectivity index (χ3n) is 4.32. The standard InChI is InChI=1S/C22H25N/c1-3-9-19(10-4-1)13-7-15-21-17-18-22(23-21)16-8-14-20-11-5-2-6-12-20/h1-6,9-12,17-18,23H,7-8,13-16H2. The van der Waals surface area contributed by atoms with Gasteiger partial charge in [0.2, 0.25) is 0 Å². The van der Waals surface area contributed by atoms with E-state index < -0.39 is 0 Å². The summed E-state index contributed by atoms with van der Waals surface area (Å²) in [7, 11) is 0. The molecule has 0 aliphatic rings. The first-order chi connectivity index (χ1) is 11.4. The van der Waals surface area contributed by atoms with Gasteiger partial charge in [-0.2, -0.15) is 0 Å². The molecule has 1 N–H and O–H groups in total. The lowest BCUT2D eigenvalue weighted by atomic mass is 10.1. The van der Waals surface area contributed by atoms with Gasteiger partial charge < -0.3 is 4.98 Å². The molecule has 1 heterocycles. The molecule has 23 heavy (non-hydrogen) atoms. The Labute approximate surface area is 139 Å². The predicted molar refractivity (Wildman–Crippen MR) is 97.7 cm³/mol. The molecule has 0 radical (unpaired) electrons. The van der Waals surface area contributed by atoms with Crippen LogP contribution in [0, 0.1) is 0 Å². The van der Waals surface area contributed by atoms with E-state index in [4.69, 9.17) is 0 Å². The SMILES string of the molecule is c1ccc(CCCc2ccc(CCCc3ccccc3)[nH]2)cc1. The van der Waals surface area contributed by atoms with Crippen LogP contribution in [0.25, 0.3) is 0 Å². The first-order valence-corrected chi connectivity index (χ1v) is 8.65. The van der Waals surface area contributed by atoms with Crippen LogP contribution < -0.4 is 0 Å². The molecule has 1 nitrogen and oxygen atoms in total. The van der Waals surface area contributed by atoms with Gasteiger partial charge >= 0.3 is 0 Å². The third kappa shape index (κ3) is 5.14. The molecule has 3 rings (SSSR count). The lowest BCUT2D eigenvalue weighted by Gasteiger charge is -2.02. The monoisotopic (exact) mass is 303 g/mol. The number of rotatable bonds is 8. The topological polar surface area (TPSA) is 15.8 Å². The fourth-order valence-corrected chi connectivity index (χ4v) is 3.04. The predicted octanol–water partition coefficient (Wildman–Crippen LogP) is 5.37. The Balaban J connectivity index is 1.39. The van der Waals surface area contributed by atoms with E-state index in [1.807, 2.05) is 0 Å². The molecule has 1 aromatic heterocycles. The number of hydrogen-bond donors (Lipinski definition) is 1. The normalized spacial score (nSPS) is 10.8. The highest BCUT2D eigenvalue weighted by molar-refractivity contribution is 5.17. The van der Waals surface area contributed by atoms with Crippen molar-refractivity contribution in [3.8, 4) is 0 Å². The van der Waals surface area contributed by atoms with Gasteiger partial charge in [-0.15, -0.1) is 0 Å². The minimum Gasteiger partial charge on any atom is -0.362 e. The smallest absolute Gasteiger partial charge is 0.0149 e. The van der Waals surface area contributed by atoms with Crippen LogP contribution >= 0.6 is 0 Å². The summed E-state index contributed by atoms with van der Waals surface area (Å²) in [6, 6.07) is 26.0. The highest BCUT2D eigenvalue weighted by atomic mass is 14.7. The number of aryl methyl sites for hydroxylation is 4. The zero-order valence-electron chi connectivity index (χ0n) is 13.7. The lowest BCUT2D eigenvalue weighted by Crippen LogP contribution is -1.93. The number of nitrogens with one attached hydrogen (secondary N) is 1. The van der Waals surface area contributed by atoms with E-state index in [-0.39, 0.29) is 0 Å². The molecule has 2 aromatic carbocycles.